The van der Waals surface area contributed by atoms with Gasteiger partial charge in [-0.25, -0.2) is 0 Å². The number of hydrogen-bond acceptors (Lipinski definition) is 5. The first-order valence-electron chi connectivity index (χ1n) is 4.45. The largest absolute Gasteiger partial charge is 0.324 e. The van der Waals surface area contributed by atoms with E-state index in [4.69, 9.17) is 0 Å². The Morgan fingerprint density at radius 2 is 2.36 bits per heavy atom. The Kier molecular flexibility index (Phi) is 2.76. The maximum atomic E-state index is 10.5. The van der Waals surface area contributed by atoms with Gasteiger partial charge in [0.1, 0.15) is 0 Å². The summed E-state index contributed by atoms with van der Waals surface area (Å²) in [5, 5.41) is 17.3. The highest BCUT2D eigenvalue weighted by atomic mass is 32.1. The lowest BCUT2D eigenvalue weighted by Crippen LogP contribution is -2.42. The summed E-state index contributed by atoms with van der Waals surface area (Å²) in [4.78, 5) is 11.2. The van der Waals surface area contributed by atoms with E-state index in [1.165, 1.54) is 11.3 Å². The molecular weight excluding hydrogens is 202 g/mol. The van der Waals surface area contributed by atoms with E-state index in [2.05, 4.69) is 10.6 Å². The Morgan fingerprint density at radius 3 is 2.93 bits per heavy atom. The normalized spacial score (nSPS) is 22.1. The molecule has 0 amide bonds. The number of nitrogens with zero attached hydrogens (tertiary/aromatic N) is 1. The van der Waals surface area contributed by atoms with E-state index in [9.17, 15) is 10.1 Å². The fourth-order valence-electron chi connectivity index (χ4n) is 1.48. The summed E-state index contributed by atoms with van der Waals surface area (Å²) in [5.74, 6) is 0. The molecule has 5 nitrogen and oxygen atoms in total. The molecule has 1 aliphatic heterocycles. The van der Waals surface area contributed by atoms with Crippen LogP contribution in [0.2, 0.25) is 0 Å². The van der Waals surface area contributed by atoms with Gasteiger partial charge in [0, 0.05) is 30.6 Å². The molecule has 6 heteroatoms. The lowest BCUT2D eigenvalue weighted by Gasteiger charge is -2.23. The molecule has 76 valence electrons. The van der Waals surface area contributed by atoms with Crippen LogP contribution < -0.4 is 10.6 Å². The quantitative estimate of drug-likeness (QED) is 0.565. The molecule has 1 fully saturated rings. The van der Waals surface area contributed by atoms with Gasteiger partial charge in [0.05, 0.1) is 11.0 Å². The van der Waals surface area contributed by atoms with Crippen molar-refractivity contribution in [3.8, 4) is 0 Å². The van der Waals surface area contributed by atoms with Crippen LogP contribution in [-0.2, 0) is 0 Å². The predicted octanol–water partition coefficient (Wildman–Crippen LogP) is 0.890. The van der Waals surface area contributed by atoms with Gasteiger partial charge in [0.25, 0.3) is 0 Å². The third kappa shape index (κ3) is 1.92. The summed E-state index contributed by atoms with van der Waals surface area (Å²) in [7, 11) is 0. The average Bonchev–Trinajstić information content (AvgIpc) is 2.68. The van der Waals surface area contributed by atoms with Gasteiger partial charge >= 0.3 is 5.00 Å². The molecular formula is C8H11N3O2S. The van der Waals surface area contributed by atoms with E-state index in [1.54, 1.807) is 6.07 Å². The van der Waals surface area contributed by atoms with Crippen molar-refractivity contribution in [1.82, 2.24) is 10.6 Å². The van der Waals surface area contributed by atoms with Gasteiger partial charge in [-0.2, -0.15) is 0 Å². The van der Waals surface area contributed by atoms with Crippen molar-refractivity contribution in [2.75, 3.05) is 19.6 Å². The zero-order valence-electron chi connectivity index (χ0n) is 7.53. The van der Waals surface area contributed by atoms with E-state index < -0.39 is 0 Å². The molecule has 1 aliphatic rings. The smallest absolute Gasteiger partial charge is 0.314 e. The minimum absolute atomic E-state index is 0.215. The van der Waals surface area contributed by atoms with E-state index in [1.807, 2.05) is 6.07 Å². The van der Waals surface area contributed by atoms with Crippen LogP contribution >= 0.6 is 11.3 Å². The van der Waals surface area contributed by atoms with Crippen molar-refractivity contribution in [1.29, 1.82) is 0 Å². The van der Waals surface area contributed by atoms with E-state index in [0.717, 1.165) is 24.5 Å². The first-order chi connectivity index (χ1) is 6.77. The average molecular weight is 213 g/mol. The van der Waals surface area contributed by atoms with Gasteiger partial charge in [-0.1, -0.05) is 11.3 Å². The fraction of sp³-hybridized carbons (Fsp3) is 0.500. The lowest BCUT2D eigenvalue weighted by atomic mass is 10.2. The van der Waals surface area contributed by atoms with Crippen molar-refractivity contribution >= 4 is 16.3 Å². The van der Waals surface area contributed by atoms with Crippen molar-refractivity contribution in [3.63, 3.8) is 0 Å². The number of piperazine rings is 1. The molecule has 1 saturated heterocycles. The third-order valence-corrected chi connectivity index (χ3v) is 3.33. The molecule has 2 heterocycles. The lowest BCUT2D eigenvalue weighted by molar-refractivity contribution is -0.380. The molecule has 0 bridgehead atoms. The monoisotopic (exact) mass is 213 g/mol. The Hall–Kier alpha value is -0.980. The van der Waals surface area contributed by atoms with E-state index in [0.29, 0.717) is 0 Å². The molecule has 2 rings (SSSR count). The maximum absolute atomic E-state index is 10.5. The molecule has 1 aromatic rings. The Labute approximate surface area is 85.3 Å². The molecule has 2 N–H and O–H groups in total. The summed E-state index contributed by atoms with van der Waals surface area (Å²) >= 11 is 1.25. The molecule has 0 aromatic carbocycles. The van der Waals surface area contributed by atoms with Gasteiger partial charge in [-0.05, 0) is 6.07 Å². The summed E-state index contributed by atoms with van der Waals surface area (Å²) in [6.07, 6.45) is 0. The van der Waals surface area contributed by atoms with E-state index in [-0.39, 0.29) is 16.0 Å². The first kappa shape index (κ1) is 9.57. The standard InChI is InChI=1S/C8H11N3O2S/c12-11(13)8-2-1-7(14-8)6-5-9-3-4-10-6/h1-2,6,9-10H,3-5H2/t6-/m1/s1. The topological polar surface area (TPSA) is 67.2 Å². The number of nitro groups is 1. The van der Waals surface area contributed by atoms with Crippen molar-refractivity contribution in [3.05, 3.63) is 27.1 Å². The Bertz CT molecular complexity index is 333. The summed E-state index contributed by atoms with van der Waals surface area (Å²) in [5.41, 5.74) is 0. The summed E-state index contributed by atoms with van der Waals surface area (Å²) < 4.78 is 0. The molecule has 0 unspecified atom stereocenters. The first-order valence-corrected chi connectivity index (χ1v) is 5.27. The van der Waals surface area contributed by atoms with Crippen molar-refractivity contribution < 1.29 is 4.92 Å². The molecule has 0 radical (unpaired) electrons. The number of rotatable bonds is 2. The highest BCUT2D eigenvalue weighted by Crippen LogP contribution is 2.28. The molecule has 1 atom stereocenters. The van der Waals surface area contributed by atoms with Crippen molar-refractivity contribution in [2.45, 2.75) is 6.04 Å². The zero-order chi connectivity index (χ0) is 9.97. The third-order valence-electron chi connectivity index (χ3n) is 2.18. The molecule has 0 aliphatic carbocycles. The van der Waals surface area contributed by atoms with Crippen LogP contribution in [0.25, 0.3) is 0 Å². The molecule has 14 heavy (non-hydrogen) atoms. The van der Waals surface area contributed by atoms with Crippen LogP contribution in [0.15, 0.2) is 12.1 Å². The van der Waals surface area contributed by atoms with Gasteiger partial charge < -0.3 is 10.6 Å². The van der Waals surface area contributed by atoms with Crippen LogP contribution in [-0.4, -0.2) is 24.6 Å². The van der Waals surface area contributed by atoms with Gasteiger partial charge in [0.15, 0.2) is 0 Å². The molecule has 0 saturated carbocycles. The van der Waals surface area contributed by atoms with Crippen LogP contribution in [0.1, 0.15) is 10.9 Å². The van der Waals surface area contributed by atoms with Crippen LogP contribution in [0.4, 0.5) is 5.00 Å². The Balaban J connectivity index is 2.11. The SMILES string of the molecule is O=[N+]([O-])c1ccc([C@H]2CNCCN2)s1. The number of nitrogens with one attached hydrogen (secondary N) is 2. The van der Waals surface area contributed by atoms with E-state index >= 15 is 0 Å². The minimum atomic E-state index is -0.343. The Morgan fingerprint density at radius 1 is 1.50 bits per heavy atom. The highest BCUT2D eigenvalue weighted by molar-refractivity contribution is 7.15. The second-order valence-corrected chi connectivity index (χ2v) is 4.24. The predicted molar refractivity (Wildman–Crippen MR) is 54.6 cm³/mol. The molecule has 1 aromatic heterocycles. The molecule has 0 spiro atoms. The second-order valence-electron chi connectivity index (χ2n) is 3.14. The summed E-state index contributed by atoms with van der Waals surface area (Å²) in [6, 6.07) is 3.62. The second kappa shape index (κ2) is 4.04. The highest BCUT2D eigenvalue weighted by Gasteiger charge is 2.19. The zero-order valence-corrected chi connectivity index (χ0v) is 8.34. The van der Waals surface area contributed by atoms with Gasteiger partial charge in [-0.3, -0.25) is 10.1 Å². The van der Waals surface area contributed by atoms with Crippen LogP contribution in [0, 0.1) is 10.1 Å². The minimum Gasteiger partial charge on any atom is -0.314 e. The number of hydrogen-bond donors (Lipinski definition) is 2. The summed E-state index contributed by atoms with van der Waals surface area (Å²) in [6.45, 7) is 2.72. The van der Waals surface area contributed by atoms with Crippen LogP contribution in [0.3, 0.4) is 0 Å². The van der Waals surface area contributed by atoms with Crippen molar-refractivity contribution in [2.24, 2.45) is 0 Å². The number of thiophene rings is 1. The van der Waals surface area contributed by atoms with Gasteiger partial charge in [-0.15, -0.1) is 0 Å². The fourth-order valence-corrected chi connectivity index (χ4v) is 2.38. The maximum Gasteiger partial charge on any atom is 0.324 e. The van der Waals surface area contributed by atoms with Crippen LogP contribution in [0.5, 0.6) is 0 Å². The van der Waals surface area contributed by atoms with Gasteiger partial charge in [0.2, 0.25) is 0 Å².